The van der Waals surface area contributed by atoms with E-state index < -0.39 is 29.3 Å². The average Bonchev–Trinajstić information content (AvgIpc) is 2.82. The summed E-state index contributed by atoms with van der Waals surface area (Å²) in [6.07, 6.45) is 0.666. The van der Waals surface area contributed by atoms with Gasteiger partial charge in [0.25, 0.3) is 0 Å². The molecule has 4 aromatic rings. The molecule has 0 aliphatic carbocycles. The summed E-state index contributed by atoms with van der Waals surface area (Å²) in [4.78, 5) is 27.9. The van der Waals surface area contributed by atoms with Crippen molar-refractivity contribution < 1.29 is 27.1 Å². The number of halogens is 4. The molecule has 0 radical (unpaired) electrons. The molecule has 4 N–H and O–H groups in total. The van der Waals surface area contributed by atoms with Crippen molar-refractivity contribution >= 4 is 23.2 Å². The molecule has 2 aromatic heterocycles. The van der Waals surface area contributed by atoms with E-state index >= 15 is 0 Å². The monoisotopic (exact) mass is 485 g/mol. The number of nitrogens with two attached hydrogens (primary N) is 1. The van der Waals surface area contributed by atoms with Crippen LogP contribution < -0.4 is 21.1 Å². The van der Waals surface area contributed by atoms with Crippen molar-refractivity contribution in [1.82, 2.24) is 19.9 Å². The molecule has 0 fully saturated rings. The minimum atomic E-state index is -4.69. The Balaban J connectivity index is 1.37. The summed E-state index contributed by atoms with van der Waals surface area (Å²) < 4.78 is 57.7. The first-order chi connectivity index (χ1) is 16.7. The van der Waals surface area contributed by atoms with E-state index in [1.807, 2.05) is 5.32 Å². The number of benzene rings is 2. The SMILES string of the molecule is Nc1ncncc1-c1ccc(Oc2ncc(NC(=O)Nc3cc(C(F)(F)F)ccc3F)cn2)cc1. The molecule has 0 unspecified atom stereocenters. The van der Waals surface area contributed by atoms with E-state index in [-0.39, 0.29) is 11.7 Å². The van der Waals surface area contributed by atoms with Crippen LogP contribution in [0.3, 0.4) is 0 Å². The van der Waals surface area contributed by atoms with Gasteiger partial charge in [0.2, 0.25) is 0 Å². The van der Waals surface area contributed by atoms with Crippen LogP contribution >= 0.6 is 0 Å². The van der Waals surface area contributed by atoms with Gasteiger partial charge >= 0.3 is 18.2 Å². The predicted molar refractivity (Wildman–Crippen MR) is 118 cm³/mol. The number of carbonyl (C=O) groups excluding carboxylic acids is 1. The Morgan fingerprint density at radius 1 is 0.943 bits per heavy atom. The Morgan fingerprint density at radius 2 is 1.66 bits per heavy atom. The van der Waals surface area contributed by atoms with Gasteiger partial charge in [0.05, 0.1) is 29.3 Å². The van der Waals surface area contributed by atoms with Crippen LogP contribution in [0.25, 0.3) is 11.1 Å². The van der Waals surface area contributed by atoms with Crippen molar-refractivity contribution in [2.24, 2.45) is 0 Å². The summed E-state index contributed by atoms with van der Waals surface area (Å²) in [6, 6.07) is 7.48. The Labute approximate surface area is 195 Å². The highest BCUT2D eigenvalue weighted by Crippen LogP contribution is 2.32. The summed E-state index contributed by atoms with van der Waals surface area (Å²) >= 11 is 0. The van der Waals surface area contributed by atoms with Crippen molar-refractivity contribution in [1.29, 1.82) is 0 Å². The van der Waals surface area contributed by atoms with Crippen LogP contribution in [0.4, 0.5) is 39.5 Å². The molecule has 0 atom stereocenters. The molecule has 9 nitrogen and oxygen atoms in total. The molecule has 2 aromatic carbocycles. The maximum atomic E-state index is 13.8. The van der Waals surface area contributed by atoms with E-state index in [4.69, 9.17) is 10.5 Å². The molecule has 4 rings (SSSR count). The molecular formula is C22H15F4N7O2. The van der Waals surface area contributed by atoms with Crippen LogP contribution in [-0.2, 0) is 6.18 Å². The molecule has 0 bridgehead atoms. The van der Waals surface area contributed by atoms with Crippen molar-refractivity contribution in [3.8, 4) is 22.9 Å². The topological polar surface area (TPSA) is 128 Å². The number of ether oxygens (including phenoxy) is 1. The average molecular weight is 485 g/mol. The highest BCUT2D eigenvalue weighted by atomic mass is 19.4. The largest absolute Gasteiger partial charge is 0.424 e. The van der Waals surface area contributed by atoms with Gasteiger partial charge in [-0.2, -0.15) is 13.2 Å². The number of anilines is 3. The first kappa shape index (κ1) is 23.4. The van der Waals surface area contributed by atoms with Crippen LogP contribution in [-0.4, -0.2) is 26.0 Å². The number of nitrogens with one attached hydrogen (secondary N) is 2. The number of rotatable bonds is 5. The molecule has 0 saturated heterocycles. The van der Waals surface area contributed by atoms with Crippen molar-refractivity contribution in [2.45, 2.75) is 6.18 Å². The zero-order chi connectivity index (χ0) is 25.0. The minimum absolute atomic E-state index is 0.0322. The smallest absolute Gasteiger partial charge is 0.416 e. The number of nitrogen functional groups attached to an aromatic ring is 1. The lowest BCUT2D eigenvalue weighted by Crippen LogP contribution is -2.21. The quantitative estimate of drug-likeness (QED) is 0.335. The van der Waals surface area contributed by atoms with Gasteiger partial charge in [-0.05, 0) is 35.9 Å². The maximum absolute atomic E-state index is 13.8. The van der Waals surface area contributed by atoms with Gasteiger partial charge in [-0.3, -0.25) is 0 Å². The minimum Gasteiger partial charge on any atom is -0.424 e. The summed E-state index contributed by atoms with van der Waals surface area (Å²) in [5.74, 6) is -0.274. The summed E-state index contributed by atoms with van der Waals surface area (Å²) in [5, 5.41) is 4.31. The van der Waals surface area contributed by atoms with Gasteiger partial charge in [0, 0.05) is 11.8 Å². The summed E-state index contributed by atoms with van der Waals surface area (Å²) in [6.45, 7) is 0. The standard InChI is InChI=1S/C22H15F4N7O2/c23-17-6-3-13(22(24,25)26)7-18(17)33-20(34)32-14-8-29-21(30-9-14)35-15-4-1-12(2-5-15)16-10-28-11-31-19(16)27/h1-11H,(H2,27,28,31)(H2,32,33,34). The molecule has 0 aliphatic rings. The van der Waals surface area contributed by atoms with Crippen molar-refractivity contribution in [2.75, 3.05) is 16.4 Å². The van der Waals surface area contributed by atoms with Crippen LogP contribution in [0.15, 0.2) is 67.4 Å². The Morgan fingerprint density at radius 3 is 2.31 bits per heavy atom. The van der Waals surface area contributed by atoms with E-state index in [1.165, 1.54) is 18.7 Å². The lowest BCUT2D eigenvalue weighted by atomic mass is 10.1. The van der Waals surface area contributed by atoms with Gasteiger partial charge in [0.1, 0.15) is 23.7 Å². The van der Waals surface area contributed by atoms with Crippen LogP contribution in [0.1, 0.15) is 5.56 Å². The third-order valence-electron chi connectivity index (χ3n) is 4.55. The number of amides is 2. The molecule has 13 heteroatoms. The number of hydrogen-bond donors (Lipinski definition) is 3. The van der Waals surface area contributed by atoms with Gasteiger partial charge in [0.15, 0.2) is 0 Å². The third-order valence-corrected chi connectivity index (χ3v) is 4.55. The normalized spacial score (nSPS) is 11.1. The highest BCUT2D eigenvalue weighted by Gasteiger charge is 2.31. The zero-order valence-electron chi connectivity index (χ0n) is 17.5. The summed E-state index contributed by atoms with van der Waals surface area (Å²) in [5.41, 5.74) is 5.63. The number of aromatic nitrogens is 4. The van der Waals surface area contributed by atoms with Crippen LogP contribution in [0, 0.1) is 5.82 Å². The van der Waals surface area contributed by atoms with E-state index in [0.717, 1.165) is 5.56 Å². The summed E-state index contributed by atoms with van der Waals surface area (Å²) in [7, 11) is 0. The zero-order valence-corrected chi connectivity index (χ0v) is 17.5. The van der Waals surface area contributed by atoms with Crippen molar-refractivity contribution in [3.05, 3.63) is 78.8 Å². The molecule has 35 heavy (non-hydrogen) atoms. The van der Waals surface area contributed by atoms with Gasteiger partial charge in [-0.1, -0.05) is 12.1 Å². The van der Waals surface area contributed by atoms with Gasteiger partial charge in [-0.15, -0.1) is 0 Å². The molecule has 0 aliphatic heterocycles. The molecule has 2 amide bonds. The van der Waals surface area contributed by atoms with Gasteiger partial charge in [-0.25, -0.2) is 29.1 Å². The third kappa shape index (κ3) is 5.76. The fourth-order valence-corrected chi connectivity index (χ4v) is 2.88. The lowest BCUT2D eigenvalue weighted by molar-refractivity contribution is -0.137. The fraction of sp³-hybridized carbons (Fsp3) is 0.0455. The fourth-order valence-electron chi connectivity index (χ4n) is 2.88. The second kappa shape index (κ2) is 9.59. The Hall–Kier alpha value is -4.81. The molecular weight excluding hydrogens is 470 g/mol. The van der Waals surface area contributed by atoms with E-state index in [0.29, 0.717) is 35.3 Å². The van der Waals surface area contributed by atoms with Crippen LogP contribution in [0.2, 0.25) is 0 Å². The molecule has 0 saturated carbocycles. The predicted octanol–water partition coefficient (Wildman–Crippen LogP) is 5.11. The van der Waals surface area contributed by atoms with Crippen molar-refractivity contribution in [3.63, 3.8) is 0 Å². The number of hydrogen-bond acceptors (Lipinski definition) is 7. The first-order valence-corrected chi connectivity index (χ1v) is 9.79. The number of alkyl halides is 3. The Bertz CT molecular complexity index is 1350. The number of nitrogens with zero attached hydrogens (tertiary/aromatic N) is 4. The number of carbonyl (C=O) groups is 1. The highest BCUT2D eigenvalue weighted by molar-refractivity contribution is 5.99. The second-order valence-electron chi connectivity index (χ2n) is 6.97. The second-order valence-corrected chi connectivity index (χ2v) is 6.97. The van der Waals surface area contributed by atoms with Crippen LogP contribution in [0.5, 0.6) is 11.8 Å². The van der Waals surface area contributed by atoms with E-state index in [9.17, 15) is 22.4 Å². The van der Waals surface area contributed by atoms with Gasteiger partial charge < -0.3 is 21.1 Å². The lowest BCUT2D eigenvalue weighted by Gasteiger charge is -2.11. The van der Waals surface area contributed by atoms with E-state index in [1.54, 1.807) is 30.5 Å². The molecule has 178 valence electrons. The Kier molecular flexibility index (Phi) is 6.40. The molecule has 2 heterocycles. The van der Waals surface area contributed by atoms with E-state index in [2.05, 4.69) is 25.3 Å². The number of urea groups is 1. The maximum Gasteiger partial charge on any atom is 0.416 e. The molecule has 0 spiro atoms. The first-order valence-electron chi connectivity index (χ1n) is 9.79.